The van der Waals surface area contributed by atoms with Crippen molar-refractivity contribution in [2.24, 2.45) is 0 Å². The third-order valence-corrected chi connectivity index (χ3v) is 3.25. The van der Waals surface area contributed by atoms with E-state index in [2.05, 4.69) is 10.6 Å². The Morgan fingerprint density at radius 1 is 1.04 bits per heavy atom. The average molecular weight is 362 g/mol. The highest BCUT2D eigenvalue weighted by atomic mass is 19.1. The minimum absolute atomic E-state index is 0.115. The van der Waals surface area contributed by atoms with Crippen molar-refractivity contribution in [1.82, 2.24) is 10.6 Å². The van der Waals surface area contributed by atoms with Crippen LogP contribution in [-0.2, 0) is 9.53 Å². The zero-order valence-electron chi connectivity index (χ0n) is 14.5. The molecule has 7 nitrogen and oxygen atoms in total. The first-order valence-corrected chi connectivity index (χ1v) is 7.94. The molecule has 0 aliphatic carbocycles. The van der Waals surface area contributed by atoms with Crippen LogP contribution in [-0.4, -0.2) is 30.1 Å². The highest BCUT2D eigenvalue weighted by Gasteiger charge is 2.23. The van der Waals surface area contributed by atoms with Gasteiger partial charge in [-0.1, -0.05) is 0 Å². The van der Waals surface area contributed by atoms with Crippen LogP contribution in [0.4, 0.5) is 9.18 Å². The van der Waals surface area contributed by atoms with Gasteiger partial charge in [-0.25, -0.2) is 14.0 Å². The number of hydrogen-bond donors (Lipinski definition) is 2. The number of carbonyl (C=O) groups is 3. The van der Waals surface area contributed by atoms with Gasteiger partial charge in [-0.15, -0.1) is 0 Å². The normalized spacial score (nSPS) is 11.7. The van der Waals surface area contributed by atoms with Gasteiger partial charge in [-0.2, -0.15) is 0 Å². The fourth-order valence-electron chi connectivity index (χ4n) is 2.00. The average Bonchev–Trinajstić information content (AvgIpc) is 3.04. The SMILES string of the molecule is CC(C)NC(=O)NC(=O)[C@@H](C)OC(=O)c1ccc(-c2ccc(F)cc2)o1. The number of hydrogen-bond acceptors (Lipinski definition) is 5. The van der Waals surface area contributed by atoms with E-state index >= 15 is 0 Å². The molecule has 0 bridgehead atoms. The van der Waals surface area contributed by atoms with Crippen molar-refractivity contribution >= 4 is 17.9 Å². The smallest absolute Gasteiger partial charge is 0.375 e. The standard InChI is InChI=1S/C18H19FN2O5/c1-10(2)20-18(24)21-16(22)11(3)25-17(23)15-9-8-14(26-15)12-4-6-13(19)7-5-12/h4-11H,1-3H3,(H2,20,21,22,24)/t11-/m1/s1. The van der Waals surface area contributed by atoms with E-state index in [4.69, 9.17) is 9.15 Å². The predicted octanol–water partition coefficient (Wildman–Crippen LogP) is 2.87. The molecule has 8 heteroatoms. The predicted molar refractivity (Wildman–Crippen MR) is 90.8 cm³/mol. The second-order valence-corrected chi connectivity index (χ2v) is 5.84. The summed E-state index contributed by atoms with van der Waals surface area (Å²) in [7, 11) is 0. The number of furan rings is 1. The molecule has 26 heavy (non-hydrogen) atoms. The number of rotatable bonds is 5. The Hall–Kier alpha value is -3.16. The quantitative estimate of drug-likeness (QED) is 0.797. The lowest BCUT2D eigenvalue weighted by Crippen LogP contribution is -2.46. The monoisotopic (exact) mass is 362 g/mol. The van der Waals surface area contributed by atoms with Crippen molar-refractivity contribution in [2.75, 3.05) is 0 Å². The molecule has 2 N–H and O–H groups in total. The molecule has 2 rings (SSSR count). The first-order chi connectivity index (χ1) is 12.3. The fourth-order valence-corrected chi connectivity index (χ4v) is 2.00. The second kappa shape index (κ2) is 8.28. The molecule has 0 aliphatic rings. The van der Waals surface area contributed by atoms with Gasteiger partial charge in [0.2, 0.25) is 5.76 Å². The first kappa shape index (κ1) is 19.2. The minimum atomic E-state index is -1.19. The summed E-state index contributed by atoms with van der Waals surface area (Å²) in [6.45, 7) is 4.81. The summed E-state index contributed by atoms with van der Waals surface area (Å²) < 4.78 is 23.3. The van der Waals surface area contributed by atoms with Crippen molar-refractivity contribution in [1.29, 1.82) is 0 Å². The van der Waals surface area contributed by atoms with Crippen LogP contribution in [0.25, 0.3) is 11.3 Å². The van der Waals surface area contributed by atoms with Crippen LogP contribution in [0.1, 0.15) is 31.3 Å². The highest BCUT2D eigenvalue weighted by Crippen LogP contribution is 2.23. The molecule has 3 amide bonds. The zero-order chi connectivity index (χ0) is 19.3. The number of ether oxygens (including phenoxy) is 1. The third kappa shape index (κ3) is 5.17. The van der Waals surface area contributed by atoms with Crippen molar-refractivity contribution in [3.63, 3.8) is 0 Å². The number of urea groups is 1. The van der Waals surface area contributed by atoms with Gasteiger partial charge in [0.05, 0.1) is 0 Å². The van der Waals surface area contributed by atoms with E-state index in [0.29, 0.717) is 11.3 Å². The van der Waals surface area contributed by atoms with Crippen LogP contribution in [0.2, 0.25) is 0 Å². The van der Waals surface area contributed by atoms with E-state index in [1.807, 2.05) is 0 Å². The number of amides is 3. The topological polar surface area (TPSA) is 97.6 Å². The minimum Gasteiger partial charge on any atom is -0.449 e. The van der Waals surface area contributed by atoms with Gasteiger partial charge in [-0.3, -0.25) is 10.1 Å². The molecular weight excluding hydrogens is 343 g/mol. The third-order valence-electron chi connectivity index (χ3n) is 3.25. The maximum atomic E-state index is 12.9. The van der Waals surface area contributed by atoms with Crippen molar-refractivity contribution in [3.8, 4) is 11.3 Å². The van der Waals surface area contributed by atoms with Crippen molar-refractivity contribution < 1.29 is 27.9 Å². The summed E-state index contributed by atoms with van der Waals surface area (Å²) in [5.41, 5.74) is 0.585. The van der Waals surface area contributed by atoms with Gasteiger partial charge < -0.3 is 14.5 Å². The summed E-state index contributed by atoms with van der Waals surface area (Å²) in [5, 5.41) is 4.55. The lowest BCUT2D eigenvalue weighted by atomic mass is 10.2. The van der Waals surface area contributed by atoms with Crippen molar-refractivity contribution in [2.45, 2.75) is 32.9 Å². The largest absolute Gasteiger partial charge is 0.449 e. The van der Waals surface area contributed by atoms with Gasteiger partial charge in [-0.05, 0) is 57.2 Å². The van der Waals surface area contributed by atoms with Crippen molar-refractivity contribution in [3.05, 3.63) is 48.0 Å². The van der Waals surface area contributed by atoms with Crippen LogP contribution < -0.4 is 10.6 Å². The van der Waals surface area contributed by atoms with Gasteiger partial charge in [0.25, 0.3) is 5.91 Å². The molecule has 0 saturated carbocycles. The van der Waals surface area contributed by atoms with Gasteiger partial charge >= 0.3 is 12.0 Å². The maximum Gasteiger partial charge on any atom is 0.375 e. The molecule has 1 atom stereocenters. The Morgan fingerprint density at radius 2 is 1.69 bits per heavy atom. The number of carbonyl (C=O) groups excluding carboxylic acids is 3. The molecule has 0 unspecified atom stereocenters. The molecule has 0 radical (unpaired) electrons. The molecule has 2 aromatic rings. The summed E-state index contributed by atoms with van der Waals surface area (Å²) in [4.78, 5) is 35.4. The van der Waals surface area contributed by atoms with E-state index in [0.717, 1.165) is 0 Å². The Kier molecular flexibility index (Phi) is 6.11. The number of benzene rings is 1. The van der Waals surface area contributed by atoms with Crippen LogP contribution in [0.5, 0.6) is 0 Å². The Bertz CT molecular complexity index is 798. The number of halogens is 1. The van der Waals surface area contributed by atoms with Crippen LogP contribution in [0.15, 0.2) is 40.8 Å². The second-order valence-electron chi connectivity index (χ2n) is 5.84. The zero-order valence-corrected chi connectivity index (χ0v) is 14.5. The van der Waals surface area contributed by atoms with E-state index in [-0.39, 0.29) is 17.6 Å². The maximum absolute atomic E-state index is 12.9. The first-order valence-electron chi connectivity index (χ1n) is 7.94. The summed E-state index contributed by atoms with van der Waals surface area (Å²) in [6.07, 6.45) is -1.19. The van der Waals surface area contributed by atoms with Crippen LogP contribution >= 0.6 is 0 Å². The fraction of sp³-hybridized carbons (Fsp3) is 0.278. The molecule has 1 aromatic carbocycles. The number of nitrogens with one attached hydrogen (secondary N) is 2. The van der Waals surface area contributed by atoms with Crippen LogP contribution in [0.3, 0.4) is 0 Å². The Morgan fingerprint density at radius 3 is 2.31 bits per heavy atom. The molecule has 138 valence electrons. The lowest BCUT2D eigenvalue weighted by Gasteiger charge is -2.13. The highest BCUT2D eigenvalue weighted by molar-refractivity contribution is 5.98. The summed E-state index contributed by atoms with van der Waals surface area (Å²) >= 11 is 0. The summed E-state index contributed by atoms with van der Waals surface area (Å²) in [5.74, 6) is -1.77. The van der Waals surface area contributed by atoms with E-state index < -0.39 is 24.0 Å². The summed E-state index contributed by atoms with van der Waals surface area (Å²) in [6, 6.07) is 7.65. The van der Waals surface area contributed by atoms with E-state index in [9.17, 15) is 18.8 Å². The van der Waals surface area contributed by atoms with Gasteiger partial charge in [0.1, 0.15) is 11.6 Å². The molecule has 0 spiro atoms. The van der Waals surface area contributed by atoms with Gasteiger partial charge in [0.15, 0.2) is 6.10 Å². The molecule has 0 aliphatic heterocycles. The lowest BCUT2D eigenvalue weighted by molar-refractivity contribution is -0.128. The van der Waals surface area contributed by atoms with Crippen LogP contribution in [0, 0.1) is 5.82 Å². The van der Waals surface area contributed by atoms with E-state index in [1.54, 1.807) is 13.8 Å². The number of esters is 1. The number of imide groups is 1. The van der Waals surface area contributed by atoms with E-state index in [1.165, 1.54) is 43.3 Å². The molecule has 1 heterocycles. The molecular formula is C18H19FN2O5. The molecule has 1 aromatic heterocycles. The Labute approximate surface area is 149 Å². The van der Waals surface area contributed by atoms with Gasteiger partial charge in [0, 0.05) is 11.6 Å². The molecule has 0 fully saturated rings. The molecule has 0 saturated heterocycles. The Balaban J connectivity index is 1.96.